The number of benzene rings is 3. The molecule has 0 aliphatic carbocycles. The summed E-state index contributed by atoms with van der Waals surface area (Å²) in [5.74, 6) is 0.0101. The van der Waals surface area contributed by atoms with Crippen molar-refractivity contribution in [2.45, 2.75) is 6.92 Å². The smallest absolute Gasteiger partial charge is 0.344 e. The number of ether oxygens (including phenoxy) is 1. The number of pyridine rings is 1. The summed E-state index contributed by atoms with van der Waals surface area (Å²) in [6, 6.07) is 22.2. The van der Waals surface area contributed by atoms with Gasteiger partial charge in [0.2, 0.25) is 0 Å². The van der Waals surface area contributed by atoms with E-state index in [2.05, 4.69) is 15.9 Å². The van der Waals surface area contributed by atoms with E-state index < -0.39 is 5.97 Å². The van der Waals surface area contributed by atoms with Crippen molar-refractivity contribution in [1.82, 2.24) is 4.98 Å². The predicted molar refractivity (Wildman–Crippen MR) is 116 cm³/mol. The van der Waals surface area contributed by atoms with Crippen molar-refractivity contribution in [3.63, 3.8) is 0 Å². The van der Waals surface area contributed by atoms with Gasteiger partial charge in [-0.2, -0.15) is 0 Å². The number of rotatable bonds is 3. The van der Waals surface area contributed by atoms with Crippen LogP contribution in [0.1, 0.15) is 15.9 Å². The number of carbonyl (C=O) groups excluding carboxylic acids is 1. The molecule has 0 bridgehead atoms. The average Bonchev–Trinajstić information content (AvgIpc) is 2.69. The molecule has 4 aromatic rings. The fourth-order valence-electron chi connectivity index (χ4n) is 2.94. The van der Waals surface area contributed by atoms with Crippen molar-refractivity contribution in [2.24, 2.45) is 0 Å². The Labute approximate surface area is 176 Å². The Morgan fingerprint density at radius 3 is 2.39 bits per heavy atom. The zero-order valence-corrected chi connectivity index (χ0v) is 17.3. The van der Waals surface area contributed by atoms with Gasteiger partial charge in [0.1, 0.15) is 5.75 Å². The van der Waals surface area contributed by atoms with E-state index >= 15 is 0 Å². The van der Waals surface area contributed by atoms with E-state index in [9.17, 15) is 4.79 Å². The molecule has 0 radical (unpaired) electrons. The molecule has 0 spiro atoms. The summed E-state index contributed by atoms with van der Waals surface area (Å²) in [5, 5.41) is 1.35. The van der Waals surface area contributed by atoms with Gasteiger partial charge >= 0.3 is 5.97 Å². The highest BCUT2D eigenvalue weighted by Gasteiger charge is 2.16. The number of halogens is 2. The monoisotopic (exact) mass is 451 g/mol. The maximum Gasteiger partial charge on any atom is 0.344 e. The highest BCUT2D eigenvalue weighted by Crippen LogP contribution is 2.28. The summed E-state index contributed by atoms with van der Waals surface area (Å²) < 4.78 is 6.56. The molecule has 5 heteroatoms. The van der Waals surface area contributed by atoms with Gasteiger partial charge in [0.05, 0.1) is 16.8 Å². The third-order valence-electron chi connectivity index (χ3n) is 4.35. The number of hydrogen-bond acceptors (Lipinski definition) is 3. The minimum Gasteiger partial charge on any atom is -0.423 e. The second-order valence-corrected chi connectivity index (χ2v) is 7.78. The van der Waals surface area contributed by atoms with Gasteiger partial charge < -0.3 is 4.74 Å². The molecule has 0 atom stereocenters. The van der Waals surface area contributed by atoms with E-state index in [1.165, 1.54) is 0 Å². The molecule has 28 heavy (non-hydrogen) atoms. The van der Waals surface area contributed by atoms with Crippen LogP contribution in [0.2, 0.25) is 5.02 Å². The van der Waals surface area contributed by atoms with Gasteiger partial charge in [-0.3, -0.25) is 0 Å². The topological polar surface area (TPSA) is 39.2 Å². The minimum atomic E-state index is -0.432. The van der Waals surface area contributed by atoms with Gasteiger partial charge in [0.25, 0.3) is 0 Å². The van der Waals surface area contributed by atoms with E-state index in [1.54, 1.807) is 30.3 Å². The first-order chi connectivity index (χ1) is 13.5. The summed E-state index contributed by atoms with van der Waals surface area (Å²) in [4.78, 5) is 17.7. The lowest BCUT2D eigenvalue weighted by Crippen LogP contribution is -2.10. The Kier molecular flexibility index (Phi) is 5.16. The summed E-state index contributed by atoms with van der Waals surface area (Å²) in [7, 11) is 0. The standard InChI is InChI=1S/C23H15BrClNO2/c1-14-2-11-21-19(12-14)20(23(27)28-18-9-7-17(25)8-10-18)13-22(26-21)15-3-5-16(24)6-4-15/h2-13H,1H3. The third kappa shape index (κ3) is 3.93. The molecule has 138 valence electrons. The van der Waals surface area contributed by atoms with Crippen molar-refractivity contribution >= 4 is 44.4 Å². The number of nitrogens with zero attached hydrogens (tertiary/aromatic N) is 1. The van der Waals surface area contributed by atoms with E-state index in [-0.39, 0.29) is 0 Å². The third-order valence-corrected chi connectivity index (χ3v) is 5.13. The maximum atomic E-state index is 13.0. The summed E-state index contributed by atoms with van der Waals surface area (Å²) in [6.07, 6.45) is 0. The lowest BCUT2D eigenvalue weighted by atomic mass is 10.0. The molecule has 0 unspecified atom stereocenters. The van der Waals surface area contributed by atoms with Crippen LogP contribution in [-0.4, -0.2) is 11.0 Å². The normalized spacial score (nSPS) is 10.8. The molecule has 0 amide bonds. The average molecular weight is 453 g/mol. The van der Waals surface area contributed by atoms with Gasteiger partial charge in [0, 0.05) is 20.4 Å². The van der Waals surface area contributed by atoms with Crippen molar-refractivity contribution in [1.29, 1.82) is 0 Å². The fraction of sp³-hybridized carbons (Fsp3) is 0.0435. The van der Waals surface area contributed by atoms with E-state index in [0.717, 1.165) is 26.5 Å². The molecule has 1 heterocycles. The molecule has 0 aliphatic heterocycles. The van der Waals surface area contributed by atoms with Gasteiger partial charge in [-0.1, -0.05) is 51.3 Å². The van der Waals surface area contributed by atoms with Crippen molar-refractivity contribution < 1.29 is 9.53 Å². The molecule has 1 aromatic heterocycles. The van der Waals surface area contributed by atoms with Crippen molar-refractivity contribution in [2.75, 3.05) is 0 Å². The molecule has 3 aromatic carbocycles. The van der Waals surface area contributed by atoms with Crippen LogP contribution in [0, 0.1) is 6.92 Å². The van der Waals surface area contributed by atoms with E-state index in [4.69, 9.17) is 21.3 Å². The van der Waals surface area contributed by atoms with Crippen LogP contribution in [-0.2, 0) is 0 Å². The second-order valence-electron chi connectivity index (χ2n) is 6.43. The highest BCUT2D eigenvalue weighted by molar-refractivity contribution is 9.10. The van der Waals surface area contributed by atoms with Crippen LogP contribution in [0.25, 0.3) is 22.2 Å². The van der Waals surface area contributed by atoms with Crippen molar-refractivity contribution in [3.05, 3.63) is 93.4 Å². The first-order valence-corrected chi connectivity index (χ1v) is 9.82. The molecule has 0 saturated carbocycles. The SMILES string of the molecule is Cc1ccc2nc(-c3ccc(Br)cc3)cc(C(=O)Oc3ccc(Cl)cc3)c2c1. The minimum absolute atomic E-state index is 0.432. The number of aryl methyl sites for hydroxylation is 1. The predicted octanol–water partition coefficient (Wildman–Crippen LogP) is 6.85. The quantitative estimate of drug-likeness (QED) is 0.252. The van der Waals surface area contributed by atoms with Crippen LogP contribution in [0.5, 0.6) is 5.75 Å². The number of hydrogen-bond donors (Lipinski definition) is 0. The molecule has 3 nitrogen and oxygen atoms in total. The molecular weight excluding hydrogens is 438 g/mol. The zero-order chi connectivity index (χ0) is 19.7. The van der Waals surface area contributed by atoms with E-state index in [0.29, 0.717) is 22.0 Å². The number of esters is 1. The Balaban J connectivity index is 1.82. The number of fused-ring (bicyclic) bond motifs is 1. The Morgan fingerprint density at radius 2 is 1.68 bits per heavy atom. The van der Waals surface area contributed by atoms with Crippen LogP contribution >= 0.6 is 27.5 Å². The van der Waals surface area contributed by atoms with Gasteiger partial charge in [-0.05, 0) is 61.5 Å². The number of aromatic nitrogens is 1. The summed E-state index contributed by atoms with van der Waals surface area (Å²) >= 11 is 9.35. The van der Waals surface area contributed by atoms with E-state index in [1.807, 2.05) is 49.4 Å². The zero-order valence-electron chi connectivity index (χ0n) is 14.9. The Morgan fingerprint density at radius 1 is 0.964 bits per heavy atom. The summed E-state index contributed by atoms with van der Waals surface area (Å²) in [5.41, 5.74) is 3.90. The first-order valence-electron chi connectivity index (χ1n) is 8.65. The molecule has 0 fully saturated rings. The van der Waals surface area contributed by atoms with Crippen LogP contribution in [0.3, 0.4) is 0 Å². The molecule has 0 saturated heterocycles. The second kappa shape index (κ2) is 7.74. The highest BCUT2D eigenvalue weighted by atomic mass is 79.9. The Bertz CT molecular complexity index is 1170. The summed E-state index contributed by atoms with van der Waals surface area (Å²) in [6.45, 7) is 1.98. The van der Waals surface area contributed by atoms with Gasteiger partial charge in [0.15, 0.2) is 0 Å². The van der Waals surface area contributed by atoms with Gasteiger partial charge in [-0.25, -0.2) is 9.78 Å². The van der Waals surface area contributed by atoms with Crippen LogP contribution < -0.4 is 4.74 Å². The largest absolute Gasteiger partial charge is 0.423 e. The molecule has 0 N–H and O–H groups in total. The van der Waals surface area contributed by atoms with Crippen LogP contribution in [0.15, 0.2) is 77.3 Å². The van der Waals surface area contributed by atoms with Crippen LogP contribution in [0.4, 0.5) is 0 Å². The fourth-order valence-corrected chi connectivity index (χ4v) is 3.33. The molecule has 0 aliphatic rings. The first kappa shape index (κ1) is 18.7. The lowest BCUT2D eigenvalue weighted by Gasteiger charge is -2.11. The number of carbonyl (C=O) groups is 1. The van der Waals surface area contributed by atoms with Crippen molar-refractivity contribution in [3.8, 4) is 17.0 Å². The lowest BCUT2D eigenvalue weighted by molar-refractivity contribution is 0.0737. The molecule has 4 rings (SSSR count). The maximum absolute atomic E-state index is 13.0. The molecular formula is C23H15BrClNO2. The van der Waals surface area contributed by atoms with Gasteiger partial charge in [-0.15, -0.1) is 0 Å². The Hall–Kier alpha value is -2.69.